The number of hydrogen-bond acceptors (Lipinski definition) is 1. The van der Waals surface area contributed by atoms with Gasteiger partial charge < -0.3 is 0 Å². The van der Waals surface area contributed by atoms with Gasteiger partial charge in [0.2, 0.25) is 0 Å². The maximum Gasteiger partial charge on any atom is 0.317 e. The summed E-state index contributed by atoms with van der Waals surface area (Å²) in [4.78, 5) is 0. The van der Waals surface area contributed by atoms with Crippen LogP contribution in [-0.2, 0) is 0 Å². The predicted octanol–water partition coefficient (Wildman–Crippen LogP) is 2.57. The Hall–Kier alpha value is 0.787. The van der Waals surface area contributed by atoms with Crippen molar-refractivity contribution in [2.75, 3.05) is 0 Å². The first-order valence-corrected chi connectivity index (χ1v) is 6.85. The summed E-state index contributed by atoms with van der Waals surface area (Å²) in [6.07, 6.45) is 0. The van der Waals surface area contributed by atoms with E-state index in [4.69, 9.17) is 33.8 Å². The van der Waals surface area contributed by atoms with Gasteiger partial charge in [0.1, 0.15) is 0 Å². The Morgan fingerprint density at radius 3 is 2.22 bits per heavy atom. The highest BCUT2D eigenvalue weighted by Gasteiger charge is 2.09. The molecule has 9 heavy (non-hydrogen) atoms. The van der Waals surface area contributed by atoms with Gasteiger partial charge in [-0.25, -0.2) is 0 Å². The van der Waals surface area contributed by atoms with Gasteiger partial charge in [0, 0.05) is 4.50 Å². The molecule has 0 aliphatic carbocycles. The Balaban J connectivity index is 2.85. The lowest BCUT2D eigenvalue weighted by Crippen LogP contribution is -2.11. The highest BCUT2D eigenvalue weighted by atomic mass is 35.7. The first-order valence-electron chi connectivity index (χ1n) is 2.14. The largest absolute Gasteiger partial charge is 0.317 e. The fraction of sp³-hybridized carbons (Fsp3) is 0. The van der Waals surface area contributed by atoms with Gasteiger partial charge in [-0.3, -0.25) is 0 Å². The molecule has 0 spiro atoms. The Labute approximate surface area is 73.4 Å². The van der Waals surface area contributed by atoms with Gasteiger partial charge >= 0.3 is 7.42 Å². The van der Waals surface area contributed by atoms with Crippen molar-refractivity contribution in [2.45, 2.75) is 0 Å². The second-order valence-electron chi connectivity index (χ2n) is 1.36. The summed E-state index contributed by atoms with van der Waals surface area (Å²) in [6.45, 7) is 0. The Kier molecular flexibility index (Phi) is 2.86. The van der Waals surface area contributed by atoms with Crippen LogP contribution in [0.3, 0.4) is 0 Å². The molecule has 1 aromatic heterocycles. The molecule has 0 unspecified atom stereocenters. The van der Waals surface area contributed by atoms with E-state index in [0.717, 1.165) is 8.84 Å². The zero-order valence-corrected chi connectivity index (χ0v) is 8.28. The number of halogens is 3. The van der Waals surface area contributed by atoms with E-state index < -0.39 is 7.42 Å². The summed E-state index contributed by atoms with van der Waals surface area (Å²) >= 11 is 18.3. The third kappa shape index (κ3) is 2.13. The molecule has 0 amide bonds. The van der Waals surface area contributed by atoms with Gasteiger partial charge in [0.25, 0.3) is 0 Å². The van der Waals surface area contributed by atoms with Crippen molar-refractivity contribution < 1.29 is 0 Å². The fourth-order valence-electron chi connectivity index (χ4n) is 0.416. The average molecular weight is 217 g/mol. The van der Waals surface area contributed by atoms with Crippen LogP contribution in [0.2, 0.25) is 4.34 Å². The Morgan fingerprint density at radius 2 is 2.00 bits per heavy atom. The van der Waals surface area contributed by atoms with Crippen LogP contribution in [-0.4, -0.2) is 7.42 Å². The smallest absolute Gasteiger partial charge is 0.139 e. The van der Waals surface area contributed by atoms with Crippen LogP contribution in [0.5, 0.6) is 0 Å². The van der Waals surface area contributed by atoms with E-state index in [1.807, 2.05) is 6.07 Å². The highest BCUT2D eigenvalue weighted by molar-refractivity contribution is 7.48. The second kappa shape index (κ2) is 3.26. The van der Waals surface area contributed by atoms with Crippen molar-refractivity contribution in [3.8, 4) is 0 Å². The Morgan fingerprint density at radius 1 is 1.33 bits per heavy atom. The minimum atomic E-state index is -1.31. The lowest BCUT2D eigenvalue weighted by molar-refractivity contribution is 2.06. The molecule has 49 valence electrons. The van der Waals surface area contributed by atoms with E-state index in [1.54, 1.807) is 6.07 Å². The first kappa shape index (κ1) is 7.89. The highest BCUT2D eigenvalue weighted by Crippen LogP contribution is 2.15. The number of rotatable bonds is 1. The van der Waals surface area contributed by atoms with Gasteiger partial charge in [-0.1, -0.05) is 11.6 Å². The molecule has 0 nitrogen and oxygen atoms in total. The summed E-state index contributed by atoms with van der Waals surface area (Å²) in [7, 11) is -1.31. The van der Waals surface area contributed by atoms with Crippen molar-refractivity contribution in [3.05, 3.63) is 16.5 Å². The maximum atomic E-state index is 5.64. The van der Waals surface area contributed by atoms with Crippen molar-refractivity contribution >= 4 is 57.0 Å². The number of thiophene rings is 1. The third-order valence-electron chi connectivity index (χ3n) is 0.759. The van der Waals surface area contributed by atoms with Crippen LogP contribution in [0.25, 0.3) is 0 Å². The zero-order valence-electron chi connectivity index (χ0n) is 4.20. The van der Waals surface area contributed by atoms with Crippen LogP contribution in [0, 0.1) is 0 Å². The van der Waals surface area contributed by atoms with Crippen LogP contribution < -0.4 is 4.50 Å². The summed E-state index contributed by atoms with van der Waals surface area (Å²) in [6, 6.07) is 3.66. The standard InChI is InChI=1S/C4H2Cl3SSi/c5-3-1-2-4(8-3)9(6)7/h1-2H. The molecular formula is C4H2Cl3SSi. The molecule has 0 atom stereocenters. The predicted molar refractivity (Wildman–Crippen MR) is 46.4 cm³/mol. The third-order valence-corrected chi connectivity index (χ3v) is 5.16. The van der Waals surface area contributed by atoms with Gasteiger partial charge in [0.05, 0.1) is 4.34 Å². The molecule has 0 aliphatic heterocycles. The van der Waals surface area contributed by atoms with E-state index in [1.165, 1.54) is 11.3 Å². The van der Waals surface area contributed by atoms with Gasteiger partial charge in [-0.2, -0.15) is 0 Å². The molecule has 0 fully saturated rings. The molecule has 0 aliphatic rings. The van der Waals surface area contributed by atoms with E-state index in [0.29, 0.717) is 0 Å². The normalized spacial score (nSPS) is 10.7. The number of hydrogen-bond donors (Lipinski definition) is 0. The molecule has 5 heteroatoms. The van der Waals surface area contributed by atoms with Crippen molar-refractivity contribution in [1.29, 1.82) is 0 Å². The lowest BCUT2D eigenvalue weighted by atomic mass is 10.7. The second-order valence-corrected chi connectivity index (χ2v) is 7.35. The molecule has 1 rings (SSSR count). The fourth-order valence-corrected chi connectivity index (χ4v) is 3.32. The molecule has 1 heterocycles. The van der Waals surface area contributed by atoms with Crippen LogP contribution >= 0.6 is 45.1 Å². The summed E-state index contributed by atoms with van der Waals surface area (Å²) in [5, 5.41) is 0. The molecule has 1 aromatic rings. The SMILES string of the molecule is Clc1ccc([Si](Cl)Cl)s1. The van der Waals surface area contributed by atoms with Gasteiger partial charge in [-0.05, 0) is 12.1 Å². The molecule has 0 aromatic carbocycles. The van der Waals surface area contributed by atoms with E-state index in [-0.39, 0.29) is 0 Å². The lowest BCUT2D eigenvalue weighted by Gasteiger charge is -1.86. The molecule has 1 radical (unpaired) electrons. The summed E-state index contributed by atoms with van der Waals surface area (Å²) in [5.74, 6) is 0. The van der Waals surface area contributed by atoms with Crippen LogP contribution in [0.1, 0.15) is 0 Å². The van der Waals surface area contributed by atoms with Gasteiger partial charge in [0.15, 0.2) is 0 Å². The van der Waals surface area contributed by atoms with Crippen molar-refractivity contribution in [1.82, 2.24) is 0 Å². The topological polar surface area (TPSA) is 0 Å². The molecule has 0 N–H and O–H groups in total. The molecular weight excluding hydrogens is 215 g/mol. The van der Waals surface area contributed by atoms with E-state index in [9.17, 15) is 0 Å². The quantitative estimate of drug-likeness (QED) is 0.500. The zero-order chi connectivity index (χ0) is 6.85. The monoisotopic (exact) mass is 215 g/mol. The Bertz CT molecular complexity index is 197. The minimum absolute atomic E-state index is 0.744. The van der Waals surface area contributed by atoms with Crippen molar-refractivity contribution in [2.24, 2.45) is 0 Å². The van der Waals surface area contributed by atoms with Crippen LogP contribution in [0.4, 0.5) is 0 Å². The molecule has 0 saturated heterocycles. The van der Waals surface area contributed by atoms with E-state index in [2.05, 4.69) is 0 Å². The van der Waals surface area contributed by atoms with E-state index >= 15 is 0 Å². The van der Waals surface area contributed by atoms with Crippen LogP contribution in [0.15, 0.2) is 12.1 Å². The average Bonchev–Trinajstić information content (AvgIpc) is 2.14. The minimum Gasteiger partial charge on any atom is -0.139 e. The van der Waals surface area contributed by atoms with Gasteiger partial charge in [-0.15, -0.1) is 33.5 Å². The maximum absolute atomic E-state index is 5.64. The summed E-state index contributed by atoms with van der Waals surface area (Å²) < 4.78 is 1.74. The molecule has 0 saturated carbocycles. The summed E-state index contributed by atoms with van der Waals surface area (Å²) in [5.41, 5.74) is 0. The first-order chi connectivity index (χ1) is 4.20. The molecule has 0 bridgehead atoms. The van der Waals surface area contributed by atoms with Crippen molar-refractivity contribution in [3.63, 3.8) is 0 Å².